The second-order valence-electron chi connectivity index (χ2n) is 3.28. The molecule has 88 valence electrons. The van der Waals surface area contributed by atoms with Crippen molar-refractivity contribution in [2.24, 2.45) is 0 Å². The van der Waals surface area contributed by atoms with Gasteiger partial charge < -0.3 is 10.3 Å². The minimum Gasteiger partial charge on any atom is -0.393 e. The molecule has 0 aliphatic rings. The van der Waals surface area contributed by atoms with Crippen LogP contribution in [0, 0.1) is 10.1 Å². The van der Waals surface area contributed by atoms with Gasteiger partial charge in [-0.15, -0.1) is 0 Å². The molecular weight excluding hydrogens is 232 g/mol. The highest BCUT2D eigenvalue weighted by molar-refractivity contribution is 7.79. The highest BCUT2D eigenvalue weighted by atomic mass is 32.2. The molecule has 0 aromatic heterocycles. The van der Waals surface area contributed by atoms with Crippen LogP contribution < -0.4 is 5.73 Å². The van der Waals surface area contributed by atoms with E-state index in [1.165, 1.54) is 12.1 Å². The first-order valence-corrected chi connectivity index (χ1v) is 5.88. The molecule has 0 aliphatic heterocycles. The summed E-state index contributed by atoms with van der Waals surface area (Å²) < 4.78 is 19.0. The molecule has 1 aromatic rings. The van der Waals surface area contributed by atoms with Gasteiger partial charge in [-0.05, 0) is 24.5 Å². The Labute approximate surface area is 94.9 Å². The van der Waals surface area contributed by atoms with E-state index in [1.807, 2.05) is 0 Å². The summed E-state index contributed by atoms with van der Waals surface area (Å²) in [6.45, 7) is 0. The topological polar surface area (TPSA) is 106 Å². The first-order chi connectivity index (χ1) is 7.50. The second kappa shape index (κ2) is 5.57. The Morgan fingerprint density at radius 1 is 1.50 bits per heavy atom. The fraction of sp³-hybridized carbons (Fsp3) is 0.333. The lowest BCUT2D eigenvalue weighted by Crippen LogP contribution is -1.99. The highest BCUT2D eigenvalue weighted by Crippen LogP contribution is 2.22. The number of nitrogens with two attached hydrogens (primary N) is 1. The van der Waals surface area contributed by atoms with Crippen LogP contribution in [0.3, 0.4) is 0 Å². The Morgan fingerprint density at radius 2 is 2.19 bits per heavy atom. The molecule has 0 fully saturated rings. The Bertz CT molecular complexity index is 422. The predicted octanol–water partition coefficient (Wildman–Crippen LogP) is 1.33. The number of nitro benzene ring substituents is 1. The summed E-state index contributed by atoms with van der Waals surface area (Å²) in [5, 5.41) is 10.6. The summed E-state index contributed by atoms with van der Waals surface area (Å²) in [6, 6.07) is 4.56. The number of nitrogen functional groups attached to an aromatic ring is 1. The molecule has 7 heteroatoms. The lowest BCUT2D eigenvalue weighted by Gasteiger charge is -2.02. The highest BCUT2D eigenvalue weighted by Gasteiger charge is 2.11. The van der Waals surface area contributed by atoms with Gasteiger partial charge in [0.25, 0.3) is 5.69 Å². The van der Waals surface area contributed by atoms with E-state index < -0.39 is 16.0 Å². The van der Waals surface area contributed by atoms with Gasteiger partial charge in [0.2, 0.25) is 0 Å². The van der Waals surface area contributed by atoms with Gasteiger partial charge in [0.05, 0.1) is 4.92 Å². The molecule has 0 saturated heterocycles. The van der Waals surface area contributed by atoms with Crippen molar-refractivity contribution in [3.8, 4) is 0 Å². The fourth-order valence-corrected chi connectivity index (χ4v) is 1.69. The van der Waals surface area contributed by atoms with Gasteiger partial charge in [-0.1, -0.05) is 6.07 Å². The molecule has 0 amide bonds. The molecule has 0 spiro atoms. The van der Waals surface area contributed by atoms with Crippen LogP contribution in [0.4, 0.5) is 11.4 Å². The van der Waals surface area contributed by atoms with Crippen LogP contribution in [0.1, 0.15) is 12.0 Å². The number of aryl methyl sites for hydroxylation is 1. The maximum absolute atomic E-state index is 10.6. The normalized spacial score (nSPS) is 12.3. The van der Waals surface area contributed by atoms with Gasteiger partial charge in [-0.3, -0.25) is 10.1 Å². The molecular formula is C9H12N2O4S. The Kier molecular flexibility index (Phi) is 4.39. The van der Waals surface area contributed by atoms with Crippen LogP contribution >= 0.6 is 0 Å². The van der Waals surface area contributed by atoms with E-state index >= 15 is 0 Å². The lowest BCUT2D eigenvalue weighted by atomic mass is 10.1. The molecule has 3 N–H and O–H groups in total. The Balaban J connectivity index is 2.71. The molecule has 6 nitrogen and oxygen atoms in total. The van der Waals surface area contributed by atoms with Crippen LogP contribution in [0.5, 0.6) is 0 Å². The number of anilines is 1. The van der Waals surface area contributed by atoms with E-state index in [0.717, 1.165) is 5.56 Å². The first kappa shape index (κ1) is 12.6. The number of rotatable bonds is 5. The van der Waals surface area contributed by atoms with Gasteiger partial charge in [0.15, 0.2) is 11.1 Å². The zero-order valence-electron chi connectivity index (χ0n) is 8.46. The van der Waals surface area contributed by atoms with E-state index in [1.54, 1.807) is 6.07 Å². The third kappa shape index (κ3) is 3.59. The molecule has 1 aromatic carbocycles. The molecule has 1 atom stereocenters. The van der Waals surface area contributed by atoms with Gasteiger partial charge in [0.1, 0.15) is 5.69 Å². The van der Waals surface area contributed by atoms with Crippen molar-refractivity contribution in [1.82, 2.24) is 0 Å². The molecule has 0 aliphatic carbocycles. The van der Waals surface area contributed by atoms with Crippen molar-refractivity contribution in [1.29, 1.82) is 0 Å². The van der Waals surface area contributed by atoms with Crippen molar-refractivity contribution in [3.63, 3.8) is 0 Å². The Hall–Kier alpha value is -1.47. The molecule has 16 heavy (non-hydrogen) atoms. The number of nitro groups is 1. The summed E-state index contributed by atoms with van der Waals surface area (Å²) >= 11 is -1.82. The van der Waals surface area contributed by atoms with E-state index in [0.29, 0.717) is 12.8 Å². The molecule has 1 unspecified atom stereocenters. The average molecular weight is 244 g/mol. The zero-order valence-corrected chi connectivity index (χ0v) is 9.27. The summed E-state index contributed by atoms with van der Waals surface area (Å²) in [5.74, 6) is 0.165. The molecule has 0 radical (unpaired) electrons. The average Bonchev–Trinajstić information content (AvgIpc) is 2.19. The number of nitrogens with zero attached hydrogens (tertiary/aromatic N) is 1. The number of benzene rings is 1. The molecule has 1 rings (SSSR count). The molecule has 0 bridgehead atoms. The first-order valence-electron chi connectivity index (χ1n) is 4.61. The maximum Gasteiger partial charge on any atom is 0.292 e. The summed E-state index contributed by atoms with van der Waals surface area (Å²) in [7, 11) is 0. The minimum absolute atomic E-state index is 0.123. The SMILES string of the molecule is Nc1ccc(CCCS(=O)O)cc1[N+](=O)[O-]. The van der Waals surface area contributed by atoms with Crippen LogP contribution in [0.2, 0.25) is 0 Å². The van der Waals surface area contributed by atoms with E-state index in [4.69, 9.17) is 10.3 Å². The van der Waals surface area contributed by atoms with Gasteiger partial charge >= 0.3 is 0 Å². The van der Waals surface area contributed by atoms with Crippen molar-refractivity contribution in [2.45, 2.75) is 12.8 Å². The van der Waals surface area contributed by atoms with Gasteiger partial charge in [-0.2, -0.15) is 0 Å². The quantitative estimate of drug-likeness (QED) is 0.351. The fourth-order valence-electron chi connectivity index (χ4n) is 1.30. The summed E-state index contributed by atoms with van der Waals surface area (Å²) in [5.41, 5.74) is 6.18. The van der Waals surface area contributed by atoms with Gasteiger partial charge in [0, 0.05) is 11.8 Å². The molecule has 0 heterocycles. The standard InChI is InChI=1S/C9H12N2O4S/c10-8-4-3-7(2-1-5-16(14)15)6-9(8)11(12)13/h3-4,6H,1-2,5,10H2,(H,14,15). The monoisotopic (exact) mass is 244 g/mol. The summed E-state index contributed by atoms with van der Waals surface area (Å²) in [6.07, 6.45) is 1.03. The van der Waals surface area contributed by atoms with Crippen molar-refractivity contribution < 1.29 is 13.7 Å². The van der Waals surface area contributed by atoms with Crippen LogP contribution in [0.25, 0.3) is 0 Å². The maximum atomic E-state index is 10.6. The predicted molar refractivity (Wildman–Crippen MR) is 61.5 cm³/mol. The third-order valence-electron chi connectivity index (χ3n) is 2.08. The van der Waals surface area contributed by atoms with Crippen LogP contribution in [0.15, 0.2) is 18.2 Å². The largest absolute Gasteiger partial charge is 0.393 e. The van der Waals surface area contributed by atoms with Crippen molar-refractivity contribution >= 4 is 22.5 Å². The van der Waals surface area contributed by atoms with Crippen molar-refractivity contribution in [2.75, 3.05) is 11.5 Å². The lowest BCUT2D eigenvalue weighted by molar-refractivity contribution is -0.384. The van der Waals surface area contributed by atoms with E-state index in [2.05, 4.69) is 0 Å². The van der Waals surface area contributed by atoms with Crippen LogP contribution in [-0.4, -0.2) is 19.4 Å². The Morgan fingerprint density at radius 3 is 2.75 bits per heavy atom. The molecule has 0 saturated carbocycles. The summed E-state index contributed by atoms with van der Waals surface area (Å²) in [4.78, 5) is 10.1. The minimum atomic E-state index is -1.82. The van der Waals surface area contributed by atoms with E-state index in [9.17, 15) is 14.3 Å². The smallest absolute Gasteiger partial charge is 0.292 e. The van der Waals surface area contributed by atoms with Gasteiger partial charge in [-0.25, -0.2) is 4.21 Å². The van der Waals surface area contributed by atoms with E-state index in [-0.39, 0.29) is 17.1 Å². The van der Waals surface area contributed by atoms with Crippen molar-refractivity contribution in [3.05, 3.63) is 33.9 Å². The zero-order chi connectivity index (χ0) is 12.1. The number of hydrogen-bond donors (Lipinski definition) is 2. The second-order valence-corrected chi connectivity index (χ2v) is 4.33. The number of hydrogen-bond acceptors (Lipinski definition) is 4. The third-order valence-corrected chi connectivity index (χ3v) is 2.71. The van der Waals surface area contributed by atoms with Crippen LogP contribution in [-0.2, 0) is 17.5 Å².